The Morgan fingerprint density at radius 1 is 1.21 bits per heavy atom. The summed E-state index contributed by atoms with van der Waals surface area (Å²) < 4.78 is 0. The molecule has 0 atom stereocenters. The van der Waals surface area contributed by atoms with Crippen LogP contribution < -0.4 is 4.90 Å². The predicted octanol–water partition coefficient (Wildman–Crippen LogP) is 3.32. The molecule has 0 bridgehead atoms. The summed E-state index contributed by atoms with van der Waals surface area (Å²) in [5.74, 6) is 0. The normalized spacial score (nSPS) is 17.4. The van der Waals surface area contributed by atoms with E-state index in [1.807, 2.05) is 0 Å². The number of hydrogen-bond acceptors (Lipinski definition) is 6. The SMILES string of the molecule is Cc1c(CO)cc([N+](=O)[O-])c(N2CCCC(C)(C)CC2)c1[N+](=O)[O-]. The molecular formula is C16H23N3O5. The summed E-state index contributed by atoms with van der Waals surface area (Å²) in [5.41, 5.74) is 0.0959. The van der Waals surface area contributed by atoms with Crippen LogP contribution in [0.5, 0.6) is 0 Å². The zero-order chi connectivity index (χ0) is 18.1. The van der Waals surface area contributed by atoms with Gasteiger partial charge in [0.15, 0.2) is 5.69 Å². The third-order valence-electron chi connectivity index (χ3n) is 4.82. The van der Waals surface area contributed by atoms with E-state index in [2.05, 4.69) is 13.8 Å². The number of aliphatic hydroxyl groups is 1. The average Bonchev–Trinajstić information content (AvgIpc) is 2.66. The van der Waals surface area contributed by atoms with E-state index >= 15 is 0 Å². The first-order valence-electron chi connectivity index (χ1n) is 7.99. The van der Waals surface area contributed by atoms with Gasteiger partial charge < -0.3 is 10.0 Å². The number of nitrogens with zero attached hydrogens (tertiary/aromatic N) is 3. The van der Waals surface area contributed by atoms with Crippen molar-refractivity contribution in [3.05, 3.63) is 37.4 Å². The first-order valence-corrected chi connectivity index (χ1v) is 7.99. The molecule has 0 amide bonds. The van der Waals surface area contributed by atoms with Crippen molar-refractivity contribution in [3.63, 3.8) is 0 Å². The summed E-state index contributed by atoms with van der Waals surface area (Å²) in [6.07, 6.45) is 2.60. The number of rotatable bonds is 4. The van der Waals surface area contributed by atoms with Gasteiger partial charge in [-0.25, -0.2) is 0 Å². The molecule has 1 saturated heterocycles. The van der Waals surface area contributed by atoms with E-state index in [0.29, 0.717) is 13.1 Å². The van der Waals surface area contributed by atoms with Crippen LogP contribution in [-0.2, 0) is 6.61 Å². The van der Waals surface area contributed by atoms with Crippen LogP contribution in [0.2, 0.25) is 0 Å². The molecular weight excluding hydrogens is 314 g/mol. The molecule has 8 heteroatoms. The number of nitro benzene ring substituents is 2. The first-order chi connectivity index (χ1) is 11.2. The summed E-state index contributed by atoms with van der Waals surface area (Å²) in [6.45, 7) is 6.41. The largest absolute Gasteiger partial charge is 0.392 e. The molecule has 1 heterocycles. The summed E-state index contributed by atoms with van der Waals surface area (Å²) in [7, 11) is 0. The van der Waals surface area contributed by atoms with Crippen LogP contribution in [0.25, 0.3) is 0 Å². The van der Waals surface area contributed by atoms with Gasteiger partial charge in [0.2, 0.25) is 0 Å². The van der Waals surface area contributed by atoms with E-state index in [1.165, 1.54) is 13.0 Å². The van der Waals surface area contributed by atoms with Gasteiger partial charge in [0.25, 0.3) is 5.69 Å². The molecule has 0 aliphatic carbocycles. The summed E-state index contributed by atoms with van der Waals surface area (Å²) in [6, 6.07) is 1.26. The number of nitro groups is 2. The number of hydrogen-bond donors (Lipinski definition) is 1. The van der Waals surface area contributed by atoms with Gasteiger partial charge in [0, 0.05) is 24.7 Å². The fourth-order valence-electron chi connectivity index (χ4n) is 3.28. The minimum atomic E-state index is -0.600. The Morgan fingerprint density at radius 2 is 1.88 bits per heavy atom. The molecule has 1 aliphatic rings. The molecule has 24 heavy (non-hydrogen) atoms. The molecule has 0 saturated carbocycles. The Morgan fingerprint density at radius 3 is 2.42 bits per heavy atom. The highest BCUT2D eigenvalue weighted by molar-refractivity contribution is 5.79. The van der Waals surface area contributed by atoms with Crippen LogP contribution in [-0.4, -0.2) is 28.0 Å². The number of aliphatic hydroxyl groups excluding tert-OH is 1. The van der Waals surface area contributed by atoms with Crippen molar-refractivity contribution >= 4 is 17.1 Å². The van der Waals surface area contributed by atoms with Crippen molar-refractivity contribution in [2.45, 2.75) is 46.6 Å². The second-order valence-corrected chi connectivity index (χ2v) is 7.05. The lowest BCUT2D eigenvalue weighted by Gasteiger charge is -2.25. The second-order valence-electron chi connectivity index (χ2n) is 7.05. The summed E-state index contributed by atoms with van der Waals surface area (Å²) in [4.78, 5) is 23.7. The van der Waals surface area contributed by atoms with Crippen LogP contribution in [0.1, 0.15) is 44.2 Å². The van der Waals surface area contributed by atoms with E-state index in [4.69, 9.17) is 0 Å². The van der Waals surface area contributed by atoms with Crippen LogP contribution in [0.3, 0.4) is 0 Å². The molecule has 1 aliphatic heterocycles. The van der Waals surface area contributed by atoms with Gasteiger partial charge in [-0.15, -0.1) is 0 Å². The molecule has 0 radical (unpaired) electrons. The monoisotopic (exact) mass is 337 g/mol. The zero-order valence-electron chi connectivity index (χ0n) is 14.2. The molecule has 0 spiro atoms. The third kappa shape index (κ3) is 3.48. The van der Waals surface area contributed by atoms with E-state index in [1.54, 1.807) is 4.90 Å². The standard InChI is InChI=1S/C16H23N3O5/c1-11-12(10-20)9-13(18(21)22)15(14(11)19(23)24)17-7-4-5-16(2,3)6-8-17/h9,20H,4-8,10H2,1-3H3. The lowest BCUT2D eigenvalue weighted by Crippen LogP contribution is -2.27. The molecule has 0 unspecified atom stereocenters. The lowest BCUT2D eigenvalue weighted by molar-refractivity contribution is -0.393. The molecule has 2 rings (SSSR count). The van der Waals surface area contributed by atoms with Crippen molar-refractivity contribution in [3.8, 4) is 0 Å². The quantitative estimate of drug-likeness (QED) is 0.666. The highest BCUT2D eigenvalue weighted by Crippen LogP contribution is 2.43. The van der Waals surface area contributed by atoms with Gasteiger partial charge >= 0.3 is 5.69 Å². The smallest absolute Gasteiger partial charge is 0.302 e. The molecule has 1 aromatic carbocycles. The number of benzene rings is 1. The average molecular weight is 337 g/mol. The Hall–Kier alpha value is -2.22. The Labute approximate surface area is 140 Å². The minimum Gasteiger partial charge on any atom is -0.392 e. The fourth-order valence-corrected chi connectivity index (χ4v) is 3.28. The highest BCUT2D eigenvalue weighted by Gasteiger charge is 2.35. The Kier molecular flexibility index (Phi) is 5.08. The van der Waals surface area contributed by atoms with Crippen molar-refractivity contribution in [1.82, 2.24) is 0 Å². The van der Waals surface area contributed by atoms with Gasteiger partial charge in [-0.2, -0.15) is 0 Å². The van der Waals surface area contributed by atoms with Gasteiger partial charge in [0.05, 0.1) is 16.5 Å². The second kappa shape index (κ2) is 6.72. The van der Waals surface area contributed by atoms with Gasteiger partial charge in [-0.3, -0.25) is 20.2 Å². The minimum absolute atomic E-state index is 0.0670. The van der Waals surface area contributed by atoms with Crippen molar-refractivity contribution in [2.75, 3.05) is 18.0 Å². The highest BCUT2D eigenvalue weighted by atomic mass is 16.6. The fraction of sp³-hybridized carbons (Fsp3) is 0.625. The van der Waals surface area contributed by atoms with E-state index in [-0.39, 0.29) is 33.6 Å². The maximum absolute atomic E-state index is 11.6. The molecule has 8 nitrogen and oxygen atoms in total. The van der Waals surface area contributed by atoms with Crippen LogP contribution in [0, 0.1) is 32.6 Å². The van der Waals surface area contributed by atoms with Crippen molar-refractivity contribution < 1.29 is 15.0 Å². The topological polar surface area (TPSA) is 110 Å². The van der Waals surface area contributed by atoms with E-state index < -0.39 is 16.5 Å². The van der Waals surface area contributed by atoms with Crippen molar-refractivity contribution in [1.29, 1.82) is 0 Å². The van der Waals surface area contributed by atoms with Crippen LogP contribution in [0.15, 0.2) is 6.07 Å². The maximum Gasteiger partial charge on any atom is 0.302 e. The molecule has 1 aromatic rings. The van der Waals surface area contributed by atoms with Gasteiger partial charge in [0.1, 0.15) is 0 Å². The molecule has 0 aromatic heterocycles. The predicted molar refractivity (Wildman–Crippen MR) is 90.3 cm³/mol. The van der Waals surface area contributed by atoms with E-state index in [0.717, 1.165) is 19.3 Å². The maximum atomic E-state index is 11.6. The molecule has 1 N–H and O–H groups in total. The van der Waals surface area contributed by atoms with Crippen LogP contribution in [0.4, 0.5) is 17.1 Å². The molecule has 132 valence electrons. The zero-order valence-corrected chi connectivity index (χ0v) is 14.2. The summed E-state index contributed by atoms with van der Waals surface area (Å²) >= 11 is 0. The first kappa shape index (κ1) is 18.1. The van der Waals surface area contributed by atoms with E-state index in [9.17, 15) is 25.3 Å². The van der Waals surface area contributed by atoms with Crippen molar-refractivity contribution in [2.24, 2.45) is 5.41 Å². The summed E-state index contributed by atoms with van der Waals surface area (Å²) in [5, 5.41) is 32.5. The Bertz CT molecular complexity index is 672. The lowest BCUT2D eigenvalue weighted by atomic mass is 9.85. The van der Waals surface area contributed by atoms with Crippen LogP contribution >= 0.6 is 0 Å². The Balaban J connectivity index is 2.64. The van der Waals surface area contributed by atoms with Gasteiger partial charge in [-0.1, -0.05) is 13.8 Å². The number of anilines is 1. The third-order valence-corrected chi connectivity index (χ3v) is 4.82. The molecule has 1 fully saturated rings. The van der Waals surface area contributed by atoms with Gasteiger partial charge in [-0.05, 0) is 37.2 Å².